The molecule has 0 spiro atoms. The van der Waals surface area contributed by atoms with E-state index in [9.17, 15) is 10.1 Å². The fraction of sp³-hybridized carbons (Fsp3) is 0.182. The van der Waals surface area contributed by atoms with Gasteiger partial charge in [-0.2, -0.15) is 5.10 Å². The van der Waals surface area contributed by atoms with Crippen molar-refractivity contribution in [2.45, 2.75) is 6.54 Å². The summed E-state index contributed by atoms with van der Waals surface area (Å²) in [6.45, 7) is -0.00442. The normalized spacial score (nSPS) is 10.7. The summed E-state index contributed by atoms with van der Waals surface area (Å²) in [5, 5.41) is 24.3. The topological polar surface area (TPSA) is 81.2 Å². The minimum Gasteiger partial charge on any atom is -0.394 e. The van der Waals surface area contributed by atoms with Crippen LogP contribution in [0.5, 0.6) is 0 Å². The predicted octanol–water partition coefficient (Wildman–Crippen LogP) is 2.87. The molecule has 0 fully saturated rings. The molecular weight excluding hydrogens is 337 g/mol. The summed E-state index contributed by atoms with van der Waals surface area (Å²) < 4.78 is 2.14. The van der Waals surface area contributed by atoms with Crippen LogP contribution in [-0.4, -0.2) is 26.4 Å². The number of rotatable bonds is 4. The Hall–Kier alpha value is -1.44. The number of aromatic nitrogens is 2. The van der Waals surface area contributed by atoms with E-state index in [0.29, 0.717) is 10.6 Å². The Bertz CT molecular complexity index is 630. The maximum Gasteiger partial charge on any atom is 0.314 e. The molecular formula is C11H9BrClN3O3. The van der Waals surface area contributed by atoms with Gasteiger partial charge in [0.15, 0.2) is 0 Å². The van der Waals surface area contributed by atoms with Gasteiger partial charge in [0.1, 0.15) is 11.9 Å². The monoisotopic (exact) mass is 345 g/mol. The first-order chi connectivity index (χ1) is 9.04. The van der Waals surface area contributed by atoms with Crippen LogP contribution in [-0.2, 0) is 6.54 Å². The zero-order valence-electron chi connectivity index (χ0n) is 9.58. The van der Waals surface area contributed by atoms with E-state index in [2.05, 4.69) is 21.0 Å². The molecule has 2 aromatic rings. The van der Waals surface area contributed by atoms with E-state index < -0.39 is 4.92 Å². The number of benzene rings is 1. The molecule has 0 aliphatic rings. The molecule has 100 valence electrons. The summed E-state index contributed by atoms with van der Waals surface area (Å²) in [6.07, 6.45) is 1.16. The van der Waals surface area contributed by atoms with Crippen LogP contribution in [0.1, 0.15) is 0 Å². The van der Waals surface area contributed by atoms with Crippen molar-refractivity contribution in [3.8, 4) is 11.3 Å². The molecule has 1 N–H and O–H groups in total. The minimum atomic E-state index is -0.519. The van der Waals surface area contributed by atoms with E-state index in [1.54, 1.807) is 18.2 Å². The average molecular weight is 347 g/mol. The molecule has 1 aromatic heterocycles. The zero-order chi connectivity index (χ0) is 14.0. The van der Waals surface area contributed by atoms with Crippen LogP contribution >= 0.6 is 27.5 Å². The second-order valence-electron chi connectivity index (χ2n) is 3.71. The fourth-order valence-electron chi connectivity index (χ4n) is 1.73. The van der Waals surface area contributed by atoms with Crippen molar-refractivity contribution in [2.24, 2.45) is 0 Å². The number of aliphatic hydroxyl groups excluding tert-OH is 1. The Balaban J connectivity index is 2.64. The van der Waals surface area contributed by atoms with Crippen LogP contribution in [0.25, 0.3) is 11.3 Å². The molecule has 0 aliphatic heterocycles. The quantitative estimate of drug-likeness (QED) is 0.682. The highest BCUT2D eigenvalue weighted by molar-refractivity contribution is 9.10. The van der Waals surface area contributed by atoms with E-state index >= 15 is 0 Å². The van der Waals surface area contributed by atoms with Crippen molar-refractivity contribution in [2.75, 3.05) is 6.61 Å². The smallest absolute Gasteiger partial charge is 0.314 e. The van der Waals surface area contributed by atoms with Gasteiger partial charge in [-0.25, -0.2) is 0 Å². The molecule has 6 nitrogen and oxygen atoms in total. The Morgan fingerprint density at radius 1 is 1.53 bits per heavy atom. The summed E-state index contributed by atoms with van der Waals surface area (Å²) in [7, 11) is 0. The molecule has 0 bridgehead atoms. The SMILES string of the molecule is O=[N+]([O-])c1cnn(CCO)c1-c1ccc(Br)cc1Cl. The molecule has 19 heavy (non-hydrogen) atoms. The van der Waals surface area contributed by atoms with Crippen LogP contribution in [0.2, 0.25) is 5.02 Å². The lowest BCUT2D eigenvalue weighted by Gasteiger charge is -2.07. The third-order valence-corrected chi connectivity index (χ3v) is 3.32. The van der Waals surface area contributed by atoms with Crippen LogP contribution in [0.3, 0.4) is 0 Å². The summed E-state index contributed by atoms with van der Waals surface area (Å²) in [4.78, 5) is 10.5. The number of aliphatic hydroxyl groups is 1. The first-order valence-electron chi connectivity index (χ1n) is 5.31. The summed E-state index contributed by atoms with van der Waals surface area (Å²) in [6, 6.07) is 5.06. The van der Waals surface area contributed by atoms with Gasteiger partial charge in [0.25, 0.3) is 0 Å². The fourth-order valence-corrected chi connectivity index (χ4v) is 2.49. The van der Waals surface area contributed by atoms with E-state index in [-0.39, 0.29) is 24.5 Å². The molecule has 0 saturated carbocycles. The lowest BCUT2D eigenvalue weighted by atomic mass is 10.1. The number of halogens is 2. The average Bonchev–Trinajstić information content (AvgIpc) is 2.73. The van der Waals surface area contributed by atoms with Gasteiger partial charge >= 0.3 is 5.69 Å². The van der Waals surface area contributed by atoms with Crippen LogP contribution in [0.15, 0.2) is 28.9 Å². The van der Waals surface area contributed by atoms with Crippen LogP contribution < -0.4 is 0 Å². The summed E-state index contributed by atoms with van der Waals surface area (Å²) >= 11 is 9.39. The molecule has 0 saturated heterocycles. The van der Waals surface area contributed by atoms with E-state index in [1.165, 1.54) is 4.68 Å². The zero-order valence-corrected chi connectivity index (χ0v) is 11.9. The highest BCUT2D eigenvalue weighted by atomic mass is 79.9. The van der Waals surface area contributed by atoms with Crippen molar-refractivity contribution in [1.82, 2.24) is 9.78 Å². The first-order valence-corrected chi connectivity index (χ1v) is 6.48. The highest BCUT2D eigenvalue weighted by Crippen LogP contribution is 2.35. The molecule has 0 radical (unpaired) electrons. The van der Waals surface area contributed by atoms with Gasteiger partial charge in [-0.3, -0.25) is 14.8 Å². The second-order valence-corrected chi connectivity index (χ2v) is 5.03. The Morgan fingerprint density at radius 2 is 2.26 bits per heavy atom. The Labute approximate surface area is 121 Å². The van der Waals surface area contributed by atoms with Gasteiger partial charge in [-0.05, 0) is 18.2 Å². The van der Waals surface area contributed by atoms with Crippen molar-refractivity contribution in [3.05, 3.63) is 44.0 Å². The Kier molecular flexibility index (Phi) is 4.18. The number of nitro groups is 1. The minimum absolute atomic E-state index is 0.141. The number of nitrogens with zero attached hydrogens (tertiary/aromatic N) is 3. The van der Waals surface area contributed by atoms with Crippen molar-refractivity contribution in [1.29, 1.82) is 0 Å². The molecule has 1 heterocycles. The second kappa shape index (κ2) is 5.68. The molecule has 1 aromatic carbocycles. The van der Waals surface area contributed by atoms with Crippen molar-refractivity contribution >= 4 is 33.2 Å². The lowest BCUT2D eigenvalue weighted by Crippen LogP contribution is -2.06. The molecule has 8 heteroatoms. The third kappa shape index (κ3) is 2.78. The summed E-state index contributed by atoms with van der Waals surface area (Å²) in [5.74, 6) is 0. The summed E-state index contributed by atoms with van der Waals surface area (Å²) in [5.41, 5.74) is 0.650. The van der Waals surface area contributed by atoms with Gasteiger partial charge in [0.2, 0.25) is 0 Å². The van der Waals surface area contributed by atoms with Crippen LogP contribution in [0.4, 0.5) is 5.69 Å². The third-order valence-electron chi connectivity index (χ3n) is 2.51. The first kappa shape index (κ1) is 14.0. The number of hydrogen-bond donors (Lipinski definition) is 1. The maximum atomic E-state index is 11.0. The highest BCUT2D eigenvalue weighted by Gasteiger charge is 2.23. The van der Waals surface area contributed by atoms with Crippen molar-refractivity contribution < 1.29 is 10.0 Å². The largest absolute Gasteiger partial charge is 0.394 e. The van der Waals surface area contributed by atoms with Gasteiger partial charge in [0, 0.05) is 10.0 Å². The maximum absolute atomic E-state index is 11.0. The van der Waals surface area contributed by atoms with Gasteiger partial charge in [-0.1, -0.05) is 27.5 Å². The van der Waals surface area contributed by atoms with Crippen LogP contribution in [0, 0.1) is 10.1 Å². The van der Waals surface area contributed by atoms with Gasteiger partial charge in [0.05, 0.1) is 23.1 Å². The molecule has 0 unspecified atom stereocenters. The van der Waals surface area contributed by atoms with Crippen molar-refractivity contribution in [3.63, 3.8) is 0 Å². The number of hydrogen-bond acceptors (Lipinski definition) is 4. The molecule has 0 atom stereocenters. The Morgan fingerprint density at radius 3 is 2.84 bits per heavy atom. The van der Waals surface area contributed by atoms with E-state index in [1.807, 2.05) is 0 Å². The van der Waals surface area contributed by atoms with E-state index in [4.69, 9.17) is 16.7 Å². The molecule has 0 amide bonds. The molecule has 2 rings (SSSR count). The lowest BCUT2D eigenvalue weighted by molar-refractivity contribution is -0.384. The molecule has 0 aliphatic carbocycles. The van der Waals surface area contributed by atoms with Gasteiger partial charge < -0.3 is 5.11 Å². The van der Waals surface area contributed by atoms with Gasteiger partial charge in [-0.15, -0.1) is 0 Å². The van der Waals surface area contributed by atoms with E-state index in [0.717, 1.165) is 10.7 Å². The predicted molar refractivity (Wildman–Crippen MR) is 74.1 cm³/mol. The standard InChI is InChI=1S/C11H9BrClN3O3/c12-7-1-2-8(9(13)5-7)11-10(16(18)19)6-14-15(11)3-4-17/h1-2,5-6,17H,3-4H2.